The van der Waals surface area contributed by atoms with E-state index in [0.717, 1.165) is 29.9 Å². The van der Waals surface area contributed by atoms with Crippen molar-refractivity contribution in [1.82, 2.24) is 14.7 Å². The van der Waals surface area contributed by atoms with Crippen LogP contribution in [-0.4, -0.2) is 79.6 Å². The standard InChI is InChI=1S/C33H45F3N4O3/c1-25(24-32(2,3)4)22-30(41)39(15-9-11-26-10-6-7-14-29(26)43-5)19-16-38-17-20-40(21-18-38)31(42)37-28-13-8-12-27(23-28)33(34,35)36/h6-14,23,25H,15-22,24H2,1-5H3,(H,37,42)/b11-9+. The summed E-state index contributed by atoms with van der Waals surface area (Å²) in [5, 5.41) is 2.58. The number of piperazine rings is 1. The van der Waals surface area contributed by atoms with Crippen LogP contribution in [-0.2, 0) is 11.0 Å². The molecule has 3 rings (SSSR count). The van der Waals surface area contributed by atoms with Gasteiger partial charge in [-0.15, -0.1) is 0 Å². The molecule has 0 aliphatic carbocycles. The molecule has 43 heavy (non-hydrogen) atoms. The molecule has 3 amide bonds. The fourth-order valence-electron chi connectivity index (χ4n) is 5.39. The number of nitrogens with one attached hydrogen (secondary N) is 1. The van der Waals surface area contributed by atoms with E-state index in [2.05, 4.69) is 37.9 Å². The Morgan fingerprint density at radius 1 is 1.05 bits per heavy atom. The highest BCUT2D eigenvalue weighted by atomic mass is 19.4. The summed E-state index contributed by atoms with van der Waals surface area (Å²) in [6, 6.07) is 11.9. The number of hydrogen-bond acceptors (Lipinski definition) is 4. The number of rotatable bonds is 11. The van der Waals surface area contributed by atoms with Crippen molar-refractivity contribution in [2.24, 2.45) is 11.3 Å². The van der Waals surface area contributed by atoms with Crippen molar-refractivity contribution in [1.29, 1.82) is 0 Å². The molecule has 1 aliphatic rings. The summed E-state index contributed by atoms with van der Waals surface area (Å²) in [5.41, 5.74) is 0.387. The molecular formula is C33H45F3N4O3. The highest BCUT2D eigenvalue weighted by Gasteiger charge is 2.31. The summed E-state index contributed by atoms with van der Waals surface area (Å²) in [4.78, 5) is 31.8. The van der Waals surface area contributed by atoms with Crippen molar-refractivity contribution < 1.29 is 27.5 Å². The number of para-hydroxylation sites is 1. The Bertz CT molecular complexity index is 1230. The van der Waals surface area contributed by atoms with Crippen molar-refractivity contribution in [3.8, 4) is 5.75 Å². The van der Waals surface area contributed by atoms with Gasteiger partial charge in [0, 0.05) is 63.5 Å². The molecule has 0 saturated carbocycles. The van der Waals surface area contributed by atoms with Gasteiger partial charge in [0.15, 0.2) is 0 Å². The van der Waals surface area contributed by atoms with Crippen LogP contribution in [0.4, 0.5) is 23.7 Å². The molecule has 1 N–H and O–H groups in total. The lowest BCUT2D eigenvalue weighted by atomic mass is 9.84. The lowest BCUT2D eigenvalue weighted by Gasteiger charge is -2.36. The zero-order valence-corrected chi connectivity index (χ0v) is 25.9. The van der Waals surface area contributed by atoms with E-state index in [1.165, 1.54) is 12.1 Å². The first-order chi connectivity index (χ1) is 20.2. The van der Waals surface area contributed by atoms with Gasteiger partial charge in [-0.05, 0) is 42.0 Å². The number of halogens is 3. The second-order valence-electron chi connectivity index (χ2n) is 12.4. The summed E-state index contributed by atoms with van der Waals surface area (Å²) >= 11 is 0. The Morgan fingerprint density at radius 3 is 2.40 bits per heavy atom. The Hall–Kier alpha value is -3.53. The lowest BCUT2D eigenvalue weighted by Crippen LogP contribution is -2.51. The number of benzene rings is 2. The number of anilines is 1. The van der Waals surface area contributed by atoms with Gasteiger partial charge < -0.3 is 19.9 Å². The van der Waals surface area contributed by atoms with Gasteiger partial charge in [0.25, 0.3) is 0 Å². The largest absolute Gasteiger partial charge is 0.496 e. The second-order valence-corrected chi connectivity index (χ2v) is 12.4. The molecule has 0 bridgehead atoms. The lowest BCUT2D eigenvalue weighted by molar-refractivity contribution is -0.137. The fraction of sp³-hybridized carbons (Fsp3) is 0.515. The van der Waals surface area contributed by atoms with Crippen LogP contribution in [0.5, 0.6) is 5.75 Å². The van der Waals surface area contributed by atoms with E-state index >= 15 is 0 Å². The summed E-state index contributed by atoms with van der Waals surface area (Å²) in [7, 11) is 1.63. The smallest absolute Gasteiger partial charge is 0.416 e. The molecule has 7 nitrogen and oxygen atoms in total. The summed E-state index contributed by atoms with van der Waals surface area (Å²) < 4.78 is 44.5. The van der Waals surface area contributed by atoms with Gasteiger partial charge in [0.1, 0.15) is 5.75 Å². The maximum atomic E-state index is 13.4. The number of nitrogens with zero attached hydrogens (tertiary/aromatic N) is 3. The van der Waals surface area contributed by atoms with E-state index in [-0.39, 0.29) is 22.9 Å². The van der Waals surface area contributed by atoms with Crippen molar-refractivity contribution in [2.45, 2.75) is 46.7 Å². The number of methoxy groups -OCH3 is 1. The minimum absolute atomic E-state index is 0.110. The van der Waals surface area contributed by atoms with Crippen LogP contribution in [0.3, 0.4) is 0 Å². The number of ether oxygens (including phenoxy) is 1. The topological polar surface area (TPSA) is 65.1 Å². The van der Waals surface area contributed by atoms with Gasteiger partial charge in [-0.25, -0.2) is 4.79 Å². The van der Waals surface area contributed by atoms with Gasteiger partial charge in [0.2, 0.25) is 5.91 Å². The van der Waals surface area contributed by atoms with Crippen LogP contribution in [0.15, 0.2) is 54.6 Å². The first-order valence-electron chi connectivity index (χ1n) is 14.8. The van der Waals surface area contributed by atoms with Crippen LogP contribution in [0.2, 0.25) is 0 Å². The normalized spacial score (nSPS) is 15.4. The summed E-state index contributed by atoms with van der Waals surface area (Å²) in [6.07, 6.45) is 0.910. The molecule has 2 aromatic rings. The second kappa shape index (κ2) is 15.3. The minimum atomic E-state index is -4.48. The highest BCUT2D eigenvalue weighted by molar-refractivity contribution is 5.89. The third-order valence-corrected chi connectivity index (χ3v) is 7.39. The molecule has 1 heterocycles. The molecule has 10 heteroatoms. The Balaban J connectivity index is 1.56. The molecule has 0 aromatic heterocycles. The maximum Gasteiger partial charge on any atom is 0.416 e. The third kappa shape index (κ3) is 11.2. The third-order valence-electron chi connectivity index (χ3n) is 7.39. The molecule has 1 fully saturated rings. The van der Waals surface area contributed by atoms with E-state index in [9.17, 15) is 22.8 Å². The van der Waals surface area contributed by atoms with E-state index < -0.39 is 17.8 Å². The first-order valence-corrected chi connectivity index (χ1v) is 14.8. The first kappa shape index (κ1) is 34.0. The number of alkyl halides is 3. The van der Waals surface area contributed by atoms with Crippen LogP contribution < -0.4 is 10.1 Å². The van der Waals surface area contributed by atoms with Gasteiger partial charge in [-0.1, -0.05) is 64.1 Å². The number of carbonyl (C=O) groups excluding carboxylic acids is 2. The van der Waals surface area contributed by atoms with Gasteiger partial charge >= 0.3 is 12.2 Å². The Kier molecular flexibility index (Phi) is 12.1. The Labute approximate surface area is 253 Å². The molecule has 1 unspecified atom stereocenters. The van der Waals surface area contributed by atoms with Crippen molar-refractivity contribution >= 4 is 23.7 Å². The van der Waals surface area contributed by atoms with E-state index in [0.29, 0.717) is 52.2 Å². The molecule has 2 aromatic carbocycles. The molecular weight excluding hydrogens is 557 g/mol. The molecule has 1 aliphatic heterocycles. The van der Waals surface area contributed by atoms with Crippen molar-refractivity contribution in [3.63, 3.8) is 0 Å². The number of urea groups is 1. The molecule has 0 spiro atoms. The number of amides is 3. The highest BCUT2D eigenvalue weighted by Crippen LogP contribution is 2.31. The van der Waals surface area contributed by atoms with Crippen LogP contribution in [0, 0.1) is 11.3 Å². The fourth-order valence-corrected chi connectivity index (χ4v) is 5.39. The van der Waals surface area contributed by atoms with Crippen molar-refractivity contribution in [3.05, 3.63) is 65.7 Å². The number of hydrogen-bond donors (Lipinski definition) is 1. The molecule has 1 saturated heterocycles. The van der Waals surface area contributed by atoms with E-state index in [1.807, 2.05) is 41.3 Å². The average molecular weight is 603 g/mol. The zero-order valence-electron chi connectivity index (χ0n) is 25.9. The maximum absolute atomic E-state index is 13.4. The summed E-state index contributed by atoms with van der Waals surface area (Å²) in [5.74, 6) is 1.14. The van der Waals surface area contributed by atoms with E-state index in [4.69, 9.17) is 4.74 Å². The van der Waals surface area contributed by atoms with Gasteiger partial charge in [-0.3, -0.25) is 9.69 Å². The predicted octanol–water partition coefficient (Wildman–Crippen LogP) is 6.87. The monoisotopic (exact) mass is 602 g/mol. The van der Waals surface area contributed by atoms with Crippen LogP contribution in [0.1, 0.15) is 51.7 Å². The predicted molar refractivity (Wildman–Crippen MR) is 165 cm³/mol. The van der Waals surface area contributed by atoms with E-state index in [1.54, 1.807) is 12.0 Å². The average Bonchev–Trinajstić information content (AvgIpc) is 2.93. The Morgan fingerprint density at radius 2 is 1.74 bits per heavy atom. The van der Waals surface area contributed by atoms with Crippen LogP contribution >= 0.6 is 0 Å². The molecule has 236 valence electrons. The zero-order chi connectivity index (χ0) is 31.6. The number of carbonyl (C=O) groups is 2. The molecule has 0 radical (unpaired) electrons. The minimum Gasteiger partial charge on any atom is -0.496 e. The van der Waals surface area contributed by atoms with Gasteiger partial charge in [0.05, 0.1) is 12.7 Å². The van der Waals surface area contributed by atoms with Crippen LogP contribution in [0.25, 0.3) is 6.08 Å². The van der Waals surface area contributed by atoms with Crippen molar-refractivity contribution in [2.75, 3.05) is 58.2 Å². The molecule has 1 atom stereocenters. The SMILES string of the molecule is COc1ccccc1/C=C/CN(CCN1CCN(C(=O)Nc2cccc(C(F)(F)F)c2)CC1)C(=O)CC(C)CC(C)(C)C. The quantitative estimate of drug-likeness (QED) is 0.305. The van der Waals surface area contributed by atoms with Gasteiger partial charge in [-0.2, -0.15) is 13.2 Å². The summed E-state index contributed by atoms with van der Waals surface area (Å²) in [6.45, 7) is 12.4.